The third kappa shape index (κ3) is 13.9. The summed E-state index contributed by atoms with van der Waals surface area (Å²) in [6.45, 7) is 11.1. The van der Waals surface area contributed by atoms with Crippen molar-refractivity contribution in [3.8, 4) is 0 Å². The molecule has 0 aliphatic heterocycles. The number of aliphatic hydroxyl groups is 1. The highest BCUT2D eigenvalue weighted by Crippen LogP contribution is 2.13. The smallest absolute Gasteiger partial charge is 0.0614 e. The van der Waals surface area contributed by atoms with E-state index in [1.54, 1.807) is 0 Å². The van der Waals surface area contributed by atoms with Gasteiger partial charge in [0.25, 0.3) is 0 Å². The molecule has 0 aromatic carbocycles. The third-order valence-electron chi connectivity index (χ3n) is 3.83. The van der Waals surface area contributed by atoms with E-state index in [0.717, 1.165) is 25.7 Å². The van der Waals surface area contributed by atoms with Gasteiger partial charge >= 0.3 is 0 Å². The molecule has 0 saturated heterocycles. The van der Waals surface area contributed by atoms with Crippen LogP contribution in [0.25, 0.3) is 0 Å². The van der Waals surface area contributed by atoms with Gasteiger partial charge in [-0.05, 0) is 79.6 Å². The number of hydrogen-bond acceptors (Lipinski definition) is 1. The Kier molecular flexibility index (Phi) is 12.9. The summed E-state index contributed by atoms with van der Waals surface area (Å²) in [4.78, 5) is 0. The summed E-state index contributed by atoms with van der Waals surface area (Å²) in [5, 5.41) is 8.82. The topological polar surface area (TPSA) is 20.2 Å². The zero-order valence-corrected chi connectivity index (χ0v) is 15.4. The minimum atomic E-state index is 0.159. The molecular formula is C21H36O. The quantitative estimate of drug-likeness (QED) is 0.340. The fourth-order valence-electron chi connectivity index (χ4n) is 2.33. The molecule has 0 radical (unpaired) electrons. The van der Waals surface area contributed by atoms with Crippen LogP contribution in [0.5, 0.6) is 0 Å². The molecule has 0 aliphatic carbocycles. The summed E-state index contributed by atoms with van der Waals surface area (Å²) >= 11 is 0. The second-order valence-electron chi connectivity index (χ2n) is 6.59. The van der Waals surface area contributed by atoms with E-state index in [1.165, 1.54) is 41.6 Å². The van der Waals surface area contributed by atoms with Gasteiger partial charge in [0.1, 0.15) is 0 Å². The molecule has 0 aromatic rings. The van der Waals surface area contributed by atoms with Crippen LogP contribution in [0.3, 0.4) is 0 Å². The minimum Gasteiger partial charge on any atom is -0.392 e. The van der Waals surface area contributed by atoms with Crippen molar-refractivity contribution in [2.75, 3.05) is 6.61 Å². The Balaban J connectivity index is 3.89. The van der Waals surface area contributed by atoms with E-state index >= 15 is 0 Å². The van der Waals surface area contributed by atoms with Crippen LogP contribution < -0.4 is 0 Å². The van der Waals surface area contributed by atoms with Crippen LogP contribution in [-0.4, -0.2) is 11.7 Å². The average molecular weight is 305 g/mol. The first-order valence-electron chi connectivity index (χ1n) is 8.66. The van der Waals surface area contributed by atoms with Gasteiger partial charge in [0.2, 0.25) is 0 Å². The largest absolute Gasteiger partial charge is 0.392 e. The number of allylic oxidation sites excluding steroid dienone is 7. The molecule has 0 bridgehead atoms. The lowest BCUT2D eigenvalue weighted by Gasteiger charge is -2.03. The van der Waals surface area contributed by atoms with Gasteiger partial charge in [-0.15, -0.1) is 0 Å². The predicted octanol–water partition coefficient (Wildman–Crippen LogP) is 6.51. The lowest BCUT2D eigenvalue weighted by Crippen LogP contribution is -1.83. The van der Waals surface area contributed by atoms with Crippen molar-refractivity contribution >= 4 is 0 Å². The zero-order valence-electron chi connectivity index (χ0n) is 15.4. The van der Waals surface area contributed by atoms with Crippen LogP contribution in [0.2, 0.25) is 0 Å². The van der Waals surface area contributed by atoms with Crippen molar-refractivity contribution < 1.29 is 5.11 Å². The van der Waals surface area contributed by atoms with Gasteiger partial charge in [-0.3, -0.25) is 0 Å². The van der Waals surface area contributed by atoms with Gasteiger partial charge in [-0.25, -0.2) is 0 Å². The van der Waals surface area contributed by atoms with Crippen LogP contribution >= 0.6 is 0 Å². The first-order valence-corrected chi connectivity index (χ1v) is 8.66. The molecule has 0 unspecified atom stereocenters. The standard InChI is InChI=1S/C21H36O/c1-18(2)10-6-7-11-19(3)12-8-13-20(4)14-9-15-21(5)16-17-22/h10,12,14,16,22H,6-9,11,13,15,17H2,1-5H3. The first-order chi connectivity index (χ1) is 10.5. The summed E-state index contributed by atoms with van der Waals surface area (Å²) in [6, 6.07) is 0. The molecule has 0 aliphatic rings. The van der Waals surface area contributed by atoms with Crippen LogP contribution in [-0.2, 0) is 0 Å². The summed E-state index contributed by atoms with van der Waals surface area (Å²) in [5.41, 5.74) is 5.70. The second-order valence-corrected chi connectivity index (χ2v) is 6.59. The second kappa shape index (κ2) is 13.6. The maximum atomic E-state index is 8.82. The molecule has 0 fully saturated rings. The van der Waals surface area contributed by atoms with Crippen molar-refractivity contribution in [3.05, 3.63) is 46.6 Å². The summed E-state index contributed by atoms with van der Waals surface area (Å²) < 4.78 is 0. The summed E-state index contributed by atoms with van der Waals surface area (Å²) in [6.07, 6.45) is 17.1. The van der Waals surface area contributed by atoms with Gasteiger partial charge in [-0.1, -0.05) is 46.6 Å². The molecule has 0 spiro atoms. The monoisotopic (exact) mass is 304 g/mol. The van der Waals surface area contributed by atoms with Crippen molar-refractivity contribution in [2.24, 2.45) is 0 Å². The van der Waals surface area contributed by atoms with Crippen LogP contribution in [0, 0.1) is 0 Å². The highest BCUT2D eigenvalue weighted by Gasteiger charge is 1.93. The van der Waals surface area contributed by atoms with Gasteiger partial charge in [0.15, 0.2) is 0 Å². The molecular weight excluding hydrogens is 268 g/mol. The molecule has 126 valence electrons. The van der Waals surface area contributed by atoms with E-state index in [1.807, 2.05) is 6.08 Å². The van der Waals surface area contributed by atoms with Crippen molar-refractivity contribution in [1.29, 1.82) is 0 Å². The Labute approximate surface area is 138 Å². The van der Waals surface area contributed by atoms with Crippen LogP contribution in [0.4, 0.5) is 0 Å². The van der Waals surface area contributed by atoms with Crippen LogP contribution in [0.15, 0.2) is 46.6 Å². The maximum absolute atomic E-state index is 8.82. The van der Waals surface area contributed by atoms with Crippen molar-refractivity contribution in [3.63, 3.8) is 0 Å². The normalized spacial score (nSPS) is 13.5. The summed E-state index contributed by atoms with van der Waals surface area (Å²) in [7, 11) is 0. The molecule has 0 heterocycles. The van der Waals surface area contributed by atoms with Gasteiger partial charge < -0.3 is 5.11 Å². The lowest BCUT2D eigenvalue weighted by atomic mass is 10.0. The Morgan fingerprint density at radius 3 is 1.64 bits per heavy atom. The molecule has 0 rings (SSSR count). The van der Waals surface area contributed by atoms with Gasteiger partial charge in [0, 0.05) is 0 Å². The average Bonchev–Trinajstić information content (AvgIpc) is 2.43. The third-order valence-corrected chi connectivity index (χ3v) is 3.83. The molecule has 22 heavy (non-hydrogen) atoms. The maximum Gasteiger partial charge on any atom is 0.0614 e. The highest BCUT2D eigenvalue weighted by molar-refractivity contribution is 5.06. The van der Waals surface area contributed by atoms with Gasteiger partial charge in [-0.2, -0.15) is 0 Å². The van der Waals surface area contributed by atoms with Gasteiger partial charge in [0.05, 0.1) is 6.61 Å². The SMILES string of the molecule is CC(C)=CCCCC(C)=CCCC(C)=CCCC(C)=CCO. The van der Waals surface area contributed by atoms with Crippen molar-refractivity contribution in [1.82, 2.24) is 0 Å². The van der Waals surface area contributed by atoms with E-state index < -0.39 is 0 Å². The van der Waals surface area contributed by atoms with E-state index in [2.05, 4.69) is 52.8 Å². The molecule has 0 saturated carbocycles. The zero-order chi connectivity index (χ0) is 16.8. The highest BCUT2D eigenvalue weighted by atomic mass is 16.2. The fraction of sp³-hybridized carbons (Fsp3) is 0.619. The lowest BCUT2D eigenvalue weighted by molar-refractivity contribution is 0.341. The molecule has 0 amide bonds. The summed E-state index contributed by atoms with van der Waals surface area (Å²) in [5.74, 6) is 0. The van der Waals surface area contributed by atoms with E-state index in [4.69, 9.17) is 5.11 Å². The van der Waals surface area contributed by atoms with Crippen LogP contribution in [0.1, 0.15) is 79.6 Å². The first kappa shape index (κ1) is 20.9. The minimum absolute atomic E-state index is 0.159. The number of hydrogen-bond donors (Lipinski definition) is 1. The predicted molar refractivity (Wildman–Crippen MR) is 100 cm³/mol. The fourth-order valence-corrected chi connectivity index (χ4v) is 2.33. The van der Waals surface area contributed by atoms with Crippen molar-refractivity contribution in [2.45, 2.75) is 79.6 Å². The Hall–Kier alpha value is -1.08. The molecule has 1 N–H and O–H groups in total. The van der Waals surface area contributed by atoms with E-state index in [-0.39, 0.29) is 6.61 Å². The molecule has 1 heteroatoms. The molecule has 0 atom stereocenters. The Bertz CT molecular complexity index is 404. The number of rotatable bonds is 11. The van der Waals surface area contributed by atoms with E-state index in [0.29, 0.717) is 0 Å². The number of aliphatic hydroxyl groups excluding tert-OH is 1. The number of unbranched alkanes of at least 4 members (excludes halogenated alkanes) is 1. The molecule has 0 aromatic heterocycles. The Morgan fingerprint density at radius 1 is 0.636 bits per heavy atom. The van der Waals surface area contributed by atoms with E-state index in [9.17, 15) is 0 Å². The Morgan fingerprint density at radius 2 is 1.14 bits per heavy atom. The molecule has 1 nitrogen and oxygen atoms in total.